The lowest BCUT2D eigenvalue weighted by molar-refractivity contribution is -0.124. The number of rotatable bonds is 4. The molecule has 6 heteroatoms. The fourth-order valence-corrected chi connectivity index (χ4v) is 4.14. The topological polar surface area (TPSA) is 73.8 Å². The molecule has 0 radical (unpaired) electrons. The van der Waals surface area contributed by atoms with E-state index in [1.807, 2.05) is 0 Å². The number of aliphatic hydroxyl groups is 1. The van der Waals surface area contributed by atoms with Crippen molar-refractivity contribution in [2.45, 2.75) is 56.2 Å². The number of nitrogens with zero attached hydrogens (tertiary/aromatic N) is 1. The van der Waals surface area contributed by atoms with Crippen LogP contribution >= 0.6 is 0 Å². The molecule has 3 rings (SSSR count). The molecule has 3 fully saturated rings. The second-order valence-electron chi connectivity index (χ2n) is 6.95. The van der Waals surface area contributed by atoms with E-state index < -0.39 is 6.10 Å². The first-order valence-corrected chi connectivity index (χ1v) is 8.72. The summed E-state index contributed by atoms with van der Waals surface area (Å²) in [5.74, 6) is 0.0368. The predicted molar refractivity (Wildman–Crippen MR) is 83.6 cm³/mol. The first-order valence-electron chi connectivity index (χ1n) is 8.72. The average Bonchev–Trinajstić information content (AvgIpc) is 3.01. The molecule has 0 bridgehead atoms. The lowest BCUT2D eigenvalue weighted by atomic mass is 9.79. The van der Waals surface area contributed by atoms with Crippen molar-refractivity contribution in [3.63, 3.8) is 0 Å². The zero-order valence-corrected chi connectivity index (χ0v) is 13.4. The molecule has 3 N–H and O–H groups in total. The molecule has 22 heavy (non-hydrogen) atoms. The van der Waals surface area contributed by atoms with E-state index in [1.54, 1.807) is 0 Å². The van der Waals surface area contributed by atoms with Gasteiger partial charge in [0.2, 0.25) is 5.91 Å². The number of amides is 1. The van der Waals surface area contributed by atoms with Crippen LogP contribution in [0.5, 0.6) is 0 Å². The van der Waals surface area contributed by atoms with Gasteiger partial charge >= 0.3 is 0 Å². The number of hydrogen-bond acceptors (Lipinski definition) is 5. The van der Waals surface area contributed by atoms with Crippen LogP contribution in [-0.2, 0) is 9.53 Å². The number of aliphatic hydroxyl groups excluding tert-OH is 1. The molecule has 126 valence electrons. The molecule has 3 aliphatic rings. The van der Waals surface area contributed by atoms with Gasteiger partial charge in [-0.05, 0) is 19.3 Å². The van der Waals surface area contributed by atoms with E-state index in [9.17, 15) is 9.90 Å². The van der Waals surface area contributed by atoms with Gasteiger partial charge in [-0.1, -0.05) is 19.3 Å². The molecule has 0 spiro atoms. The second-order valence-corrected chi connectivity index (χ2v) is 6.95. The molecule has 1 saturated carbocycles. The standard InChI is InChI=1S/C16H29N3O3/c20-13-10-14(17-11-13)15(21)18-12-16(4-2-1-3-5-16)19-6-8-22-9-7-19/h13-14,17,20H,1-12H2,(H,18,21). The third-order valence-corrected chi connectivity index (χ3v) is 5.48. The molecular formula is C16H29N3O3. The van der Waals surface area contributed by atoms with Crippen molar-refractivity contribution in [1.29, 1.82) is 0 Å². The summed E-state index contributed by atoms with van der Waals surface area (Å²) >= 11 is 0. The zero-order valence-electron chi connectivity index (χ0n) is 13.4. The maximum absolute atomic E-state index is 12.3. The van der Waals surface area contributed by atoms with Crippen LogP contribution in [0.3, 0.4) is 0 Å². The highest BCUT2D eigenvalue weighted by Gasteiger charge is 2.39. The maximum atomic E-state index is 12.3. The van der Waals surface area contributed by atoms with Gasteiger partial charge in [0.15, 0.2) is 0 Å². The fourth-order valence-electron chi connectivity index (χ4n) is 4.14. The van der Waals surface area contributed by atoms with Crippen LogP contribution in [0.1, 0.15) is 38.5 Å². The summed E-state index contributed by atoms with van der Waals surface area (Å²) in [6.45, 7) is 4.78. The highest BCUT2D eigenvalue weighted by molar-refractivity contribution is 5.82. The van der Waals surface area contributed by atoms with Gasteiger partial charge < -0.3 is 20.5 Å². The number of carbonyl (C=O) groups is 1. The maximum Gasteiger partial charge on any atom is 0.237 e. The van der Waals surface area contributed by atoms with Crippen molar-refractivity contribution in [3.8, 4) is 0 Å². The summed E-state index contributed by atoms with van der Waals surface area (Å²) in [6.07, 6.45) is 6.24. The molecule has 2 saturated heterocycles. The number of morpholine rings is 1. The van der Waals surface area contributed by atoms with Gasteiger partial charge in [0.05, 0.1) is 25.4 Å². The first kappa shape index (κ1) is 16.2. The Bertz CT molecular complexity index is 379. The minimum atomic E-state index is -0.390. The second kappa shape index (κ2) is 7.25. The van der Waals surface area contributed by atoms with Gasteiger partial charge in [0, 0.05) is 31.7 Å². The van der Waals surface area contributed by atoms with Crippen LogP contribution < -0.4 is 10.6 Å². The van der Waals surface area contributed by atoms with E-state index in [0.717, 1.165) is 45.7 Å². The molecular weight excluding hydrogens is 282 g/mol. The summed E-state index contributed by atoms with van der Waals surface area (Å²) in [4.78, 5) is 14.9. The number of hydrogen-bond donors (Lipinski definition) is 3. The SMILES string of the molecule is O=C(NCC1(N2CCOCC2)CCCCC1)C1CC(O)CN1. The molecule has 0 aromatic carbocycles. The van der Waals surface area contributed by atoms with E-state index in [4.69, 9.17) is 4.74 Å². The van der Waals surface area contributed by atoms with Crippen LogP contribution in [-0.4, -0.2) is 73.0 Å². The molecule has 2 unspecified atom stereocenters. The number of β-amino-alcohol motifs (C(OH)–C–C–N with tert-alkyl or cyclic N) is 1. The Balaban J connectivity index is 1.59. The largest absolute Gasteiger partial charge is 0.392 e. The summed E-state index contributed by atoms with van der Waals surface area (Å²) < 4.78 is 5.49. The smallest absolute Gasteiger partial charge is 0.237 e. The van der Waals surface area contributed by atoms with Gasteiger partial charge in [0.25, 0.3) is 0 Å². The Morgan fingerprint density at radius 1 is 1.27 bits per heavy atom. The molecule has 1 aliphatic carbocycles. The van der Waals surface area contributed by atoms with Crippen molar-refractivity contribution < 1.29 is 14.6 Å². The third-order valence-electron chi connectivity index (χ3n) is 5.48. The Labute approximate surface area is 132 Å². The van der Waals surface area contributed by atoms with Gasteiger partial charge in [0.1, 0.15) is 0 Å². The van der Waals surface area contributed by atoms with Crippen LogP contribution in [0.25, 0.3) is 0 Å². The number of nitrogens with one attached hydrogen (secondary N) is 2. The van der Waals surface area contributed by atoms with Crippen LogP contribution in [0, 0.1) is 0 Å². The monoisotopic (exact) mass is 311 g/mol. The molecule has 0 aromatic rings. The Hall–Kier alpha value is -0.690. The highest BCUT2D eigenvalue weighted by Crippen LogP contribution is 2.33. The first-order chi connectivity index (χ1) is 10.7. The van der Waals surface area contributed by atoms with E-state index in [2.05, 4.69) is 15.5 Å². The van der Waals surface area contributed by atoms with Crippen molar-refractivity contribution in [3.05, 3.63) is 0 Å². The zero-order chi connectivity index (χ0) is 15.4. The Kier molecular flexibility index (Phi) is 5.33. The van der Waals surface area contributed by atoms with E-state index in [-0.39, 0.29) is 17.5 Å². The van der Waals surface area contributed by atoms with Crippen molar-refractivity contribution in [2.75, 3.05) is 39.4 Å². The highest BCUT2D eigenvalue weighted by atomic mass is 16.5. The number of carbonyl (C=O) groups excluding carboxylic acids is 1. The minimum Gasteiger partial charge on any atom is -0.392 e. The minimum absolute atomic E-state index is 0.0368. The van der Waals surface area contributed by atoms with E-state index in [0.29, 0.717) is 13.0 Å². The quantitative estimate of drug-likeness (QED) is 0.674. The van der Waals surface area contributed by atoms with Gasteiger partial charge in [-0.15, -0.1) is 0 Å². The van der Waals surface area contributed by atoms with Crippen LogP contribution in [0.2, 0.25) is 0 Å². The van der Waals surface area contributed by atoms with Gasteiger partial charge in [-0.25, -0.2) is 0 Å². The molecule has 2 atom stereocenters. The lowest BCUT2D eigenvalue weighted by Gasteiger charge is -2.48. The predicted octanol–water partition coefficient (Wildman–Crippen LogP) is -0.139. The van der Waals surface area contributed by atoms with Gasteiger partial charge in [-0.2, -0.15) is 0 Å². The van der Waals surface area contributed by atoms with Crippen LogP contribution in [0.15, 0.2) is 0 Å². The molecule has 6 nitrogen and oxygen atoms in total. The van der Waals surface area contributed by atoms with E-state index >= 15 is 0 Å². The average molecular weight is 311 g/mol. The fraction of sp³-hybridized carbons (Fsp3) is 0.938. The molecule has 2 aliphatic heterocycles. The van der Waals surface area contributed by atoms with Crippen LogP contribution in [0.4, 0.5) is 0 Å². The lowest BCUT2D eigenvalue weighted by Crippen LogP contribution is -2.60. The molecule has 2 heterocycles. The van der Waals surface area contributed by atoms with E-state index in [1.165, 1.54) is 19.3 Å². The molecule has 1 amide bonds. The summed E-state index contributed by atoms with van der Waals surface area (Å²) in [5, 5.41) is 15.8. The van der Waals surface area contributed by atoms with Crippen molar-refractivity contribution in [2.24, 2.45) is 0 Å². The Morgan fingerprint density at radius 3 is 2.64 bits per heavy atom. The van der Waals surface area contributed by atoms with Crippen molar-refractivity contribution >= 4 is 5.91 Å². The third kappa shape index (κ3) is 3.62. The van der Waals surface area contributed by atoms with Gasteiger partial charge in [-0.3, -0.25) is 9.69 Å². The molecule has 0 aromatic heterocycles. The Morgan fingerprint density at radius 2 is 2.00 bits per heavy atom. The number of ether oxygens (including phenoxy) is 1. The summed E-state index contributed by atoms with van der Waals surface area (Å²) in [6, 6.07) is -0.236. The normalized spacial score (nSPS) is 32.8. The summed E-state index contributed by atoms with van der Waals surface area (Å²) in [7, 11) is 0. The summed E-state index contributed by atoms with van der Waals surface area (Å²) in [5.41, 5.74) is 0.106. The van der Waals surface area contributed by atoms with Crippen molar-refractivity contribution in [1.82, 2.24) is 15.5 Å².